The largest absolute Gasteiger partial charge is 0.493 e. The minimum atomic E-state index is -0.159. The van der Waals surface area contributed by atoms with E-state index in [-0.39, 0.29) is 5.60 Å². The first-order valence-electron chi connectivity index (χ1n) is 7.34. The Morgan fingerprint density at radius 3 is 3.05 bits per heavy atom. The minimum Gasteiger partial charge on any atom is -0.493 e. The van der Waals surface area contributed by atoms with E-state index in [1.165, 1.54) is 11.1 Å². The molecule has 4 heteroatoms. The maximum absolute atomic E-state index is 5.65. The first-order valence-corrected chi connectivity index (χ1v) is 7.34. The van der Waals surface area contributed by atoms with Crippen LogP contribution in [0, 0.1) is 0 Å². The van der Waals surface area contributed by atoms with Crippen molar-refractivity contribution in [1.29, 1.82) is 0 Å². The molecule has 2 heterocycles. The van der Waals surface area contributed by atoms with E-state index in [1.54, 1.807) is 7.11 Å². The van der Waals surface area contributed by atoms with Crippen molar-refractivity contribution in [1.82, 2.24) is 5.32 Å². The smallest absolute Gasteiger partial charge is 0.122 e. The van der Waals surface area contributed by atoms with Crippen molar-refractivity contribution < 1.29 is 14.2 Å². The highest BCUT2D eigenvalue weighted by molar-refractivity contribution is 5.40. The van der Waals surface area contributed by atoms with E-state index in [1.807, 2.05) is 0 Å². The second-order valence-corrected chi connectivity index (χ2v) is 5.76. The Morgan fingerprint density at radius 2 is 2.30 bits per heavy atom. The number of nitrogens with one attached hydrogen (secondary N) is 1. The molecule has 1 fully saturated rings. The molecule has 0 bridgehead atoms. The summed E-state index contributed by atoms with van der Waals surface area (Å²) in [5.74, 6) is 1.04. The van der Waals surface area contributed by atoms with E-state index in [4.69, 9.17) is 14.2 Å². The first kappa shape index (κ1) is 13.9. The van der Waals surface area contributed by atoms with E-state index in [9.17, 15) is 0 Å². The molecule has 0 amide bonds. The lowest BCUT2D eigenvalue weighted by atomic mass is 10.0. The molecule has 1 saturated heterocycles. The Bertz CT molecular complexity index is 469. The minimum absolute atomic E-state index is 0.159. The van der Waals surface area contributed by atoms with E-state index in [0.29, 0.717) is 12.6 Å². The molecular weight excluding hydrogens is 254 g/mol. The van der Waals surface area contributed by atoms with Crippen LogP contribution in [0.3, 0.4) is 0 Å². The molecule has 20 heavy (non-hydrogen) atoms. The van der Waals surface area contributed by atoms with E-state index >= 15 is 0 Å². The number of ether oxygens (including phenoxy) is 3. The second kappa shape index (κ2) is 5.72. The van der Waals surface area contributed by atoms with Gasteiger partial charge in [-0.25, -0.2) is 0 Å². The zero-order chi connectivity index (χ0) is 14.0. The number of hydrogen-bond acceptors (Lipinski definition) is 4. The molecule has 2 aliphatic heterocycles. The van der Waals surface area contributed by atoms with Gasteiger partial charge >= 0.3 is 0 Å². The third kappa shape index (κ3) is 2.68. The lowest BCUT2D eigenvalue weighted by Crippen LogP contribution is -2.43. The summed E-state index contributed by atoms with van der Waals surface area (Å²) >= 11 is 0. The van der Waals surface area contributed by atoms with Crippen molar-refractivity contribution in [2.75, 3.05) is 33.5 Å². The van der Waals surface area contributed by atoms with Crippen LogP contribution in [-0.4, -0.2) is 39.1 Å². The summed E-state index contributed by atoms with van der Waals surface area (Å²) in [5.41, 5.74) is 2.47. The lowest BCUT2D eigenvalue weighted by molar-refractivity contribution is -0.0172. The first-order chi connectivity index (χ1) is 9.72. The molecule has 2 aliphatic rings. The van der Waals surface area contributed by atoms with Gasteiger partial charge in [0.2, 0.25) is 0 Å². The maximum atomic E-state index is 5.65. The summed E-state index contributed by atoms with van der Waals surface area (Å²) in [6, 6.07) is 6.78. The predicted molar refractivity (Wildman–Crippen MR) is 77.2 cm³/mol. The highest BCUT2D eigenvalue weighted by Gasteiger charge is 2.35. The van der Waals surface area contributed by atoms with Gasteiger partial charge in [-0.1, -0.05) is 12.1 Å². The molecule has 3 rings (SSSR count). The summed E-state index contributed by atoms with van der Waals surface area (Å²) in [6.07, 6.45) is 1.98. The SMILES string of the molecule is COC1(CNC(C)c2ccc3c(c2)CCO3)CCOC1. The van der Waals surface area contributed by atoms with Crippen molar-refractivity contribution in [3.63, 3.8) is 0 Å². The van der Waals surface area contributed by atoms with Crippen LogP contribution >= 0.6 is 0 Å². The number of benzene rings is 1. The molecule has 1 aromatic rings. The molecule has 110 valence electrons. The molecule has 0 radical (unpaired) electrons. The Labute approximate surface area is 120 Å². The van der Waals surface area contributed by atoms with Crippen molar-refractivity contribution in [3.05, 3.63) is 29.3 Å². The van der Waals surface area contributed by atoms with Gasteiger partial charge in [0.05, 0.1) is 13.2 Å². The topological polar surface area (TPSA) is 39.7 Å². The molecule has 2 unspecified atom stereocenters. The van der Waals surface area contributed by atoms with E-state index in [2.05, 4.69) is 30.4 Å². The fourth-order valence-corrected chi connectivity index (χ4v) is 2.89. The van der Waals surface area contributed by atoms with Crippen LogP contribution in [0.4, 0.5) is 0 Å². The third-order valence-electron chi connectivity index (χ3n) is 4.44. The van der Waals surface area contributed by atoms with Crippen molar-refractivity contribution in [2.45, 2.75) is 31.4 Å². The number of fused-ring (bicyclic) bond motifs is 1. The Hall–Kier alpha value is -1.10. The van der Waals surface area contributed by atoms with Crippen LogP contribution < -0.4 is 10.1 Å². The summed E-state index contributed by atoms with van der Waals surface area (Å²) in [4.78, 5) is 0. The second-order valence-electron chi connectivity index (χ2n) is 5.76. The Kier molecular flexibility index (Phi) is 3.96. The molecule has 4 nitrogen and oxygen atoms in total. The van der Waals surface area contributed by atoms with Gasteiger partial charge in [-0.15, -0.1) is 0 Å². The molecule has 1 aromatic carbocycles. The molecule has 0 aliphatic carbocycles. The van der Waals surface area contributed by atoms with Crippen LogP contribution in [0.25, 0.3) is 0 Å². The van der Waals surface area contributed by atoms with Gasteiger partial charge in [0.15, 0.2) is 0 Å². The number of hydrogen-bond donors (Lipinski definition) is 1. The van der Waals surface area contributed by atoms with Gasteiger partial charge in [-0.3, -0.25) is 0 Å². The summed E-state index contributed by atoms with van der Waals surface area (Å²) in [5, 5.41) is 3.58. The summed E-state index contributed by atoms with van der Waals surface area (Å²) in [7, 11) is 1.77. The Balaban J connectivity index is 1.63. The molecule has 2 atom stereocenters. The average molecular weight is 277 g/mol. The molecule has 0 aromatic heterocycles. The van der Waals surface area contributed by atoms with Crippen LogP contribution in [-0.2, 0) is 15.9 Å². The predicted octanol–water partition coefficient (Wildman–Crippen LogP) is 2.08. The zero-order valence-corrected chi connectivity index (χ0v) is 12.3. The number of methoxy groups -OCH3 is 1. The van der Waals surface area contributed by atoms with Crippen molar-refractivity contribution in [2.24, 2.45) is 0 Å². The summed E-state index contributed by atoms with van der Waals surface area (Å²) in [6.45, 7) is 5.29. The molecule has 1 N–H and O–H groups in total. The fraction of sp³-hybridized carbons (Fsp3) is 0.625. The van der Waals surface area contributed by atoms with Crippen LogP contribution in [0.1, 0.15) is 30.5 Å². The highest BCUT2D eigenvalue weighted by atomic mass is 16.5. The maximum Gasteiger partial charge on any atom is 0.122 e. The normalized spacial score (nSPS) is 26.3. The molecule has 0 saturated carbocycles. The van der Waals surface area contributed by atoms with Gasteiger partial charge in [0.1, 0.15) is 11.4 Å². The van der Waals surface area contributed by atoms with Crippen LogP contribution in [0.2, 0.25) is 0 Å². The average Bonchev–Trinajstić information content (AvgIpc) is 3.13. The quantitative estimate of drug-likeness (QED) is 0.894. The lowest BCUT2D eigenvalue weighted by Gasteiger charge is -2.28. The molecule has 0 spiro atoms. The van der Waals surface area contributed by atoms with E-state index < -0.39 is 0 Å². The van der Waals surface area contributed by atoms with Gasteiger partial charge in [-0.2, -0.15) is 0 Å². The van der Waals surface area contributed by atoms with Crippen molar-refractivity contribution in [3.8, 4) is 5.75 Å². The number of rotatable bonds is 5. The van der Waals surface area contributed by atoms with Crippen molar-refractivity contribution >= 4 is 0 Å². The van der Waals surface area contributed by atoms with E-state index in [0.717, 1.165) is 38.3 Å². The highest BCUT2D eigenvalue weighted by Crippen LogP contribution is 2.29. The van der Waals surface area contributed by atoms with Gasteiger partial charge in [-0.05, 0) is 24.1 Å². The fourth-order valence-electron chi connectivity index (χ4n) is 2.89. The zero-order valence-electron chi connectivity index (χ0n) is 12.3. The Morgan fingerprint density at radius 1 is 1.40 bits per heavy atom. The standard InChI is InChI=1S/C16H23NO3/c1-12(17-10-16(18-2)6-8-19-11-16)13-3-4-15-14(9-13)5-7-20-15/h3-4,9,12,17H,5-8,10-11H2,1-2H3. The van der Waals surface area contributed by atoms with Crippen LogP contribution in [0.5, 0.6) is 5.75 Å². The monoisotopic (exact) mass is 277 g/mol. The van der Waals surface area contributed by atoms with Gasteiger partial charge in [0, 0.05) is 39.1 Å². The molecular formula is C16H23NO3. The van der Waals surface area contributed by atoms with Crippen LogP contribution in [0.15, 0.2) is 18.2 Å². The van der Waals surface area contributed by atoms with Gasteiger partial charge < -0.3 is 19.5 Å². The third-order valence-corrected chi connectivity index (χ3v) is 4.44. The summed E-state index contributed by atoms with van der Waals surface area (Å²) < 4.78 is 16.7. The van der Waals surface area contributed by atoms with Gasteiger partial charge in [0.25, 0.3) is 0 Å².